The van der Waals surface area contributed by atoms with Crippen LogP contribution in [-0.2, 0) is 13.2 Å². The van der Waals surface area contributed by atoms with Crippen LogP contribution in [-0.4, -0.2) is 12.2 Å². The third kappa shape index (κ3) is 3.50. The number of hydrogen-bond acceptors (Lipinski definition) is 2. The Morgan fingerprint density at radius 3 is 2.63 bits per heavy atom. The van der Waals surface area contributed by atoms with Crippen molar-refractivity contribution < 1.29 is 5.11 Å². The van der Waals surface area contributed by atoms with Crippen LogP contribution in [0.15, 0.2) is 46.9 Å². The fourth-order valence-corrected chi connectivity index (χ4v) is 2.73. The highest BCUT2D eigenvalue weighted by atomic mass is 79.9. The summed E-state index contributed by atoms with van der Waals surface area (Å²) in [6, 6.07) is 13.8. The first kappa shape index (κ1) is 14.4. The van der Waals surface area contributed by atoms with Gasteiger partial charge in [0.1, 0.15) is 0 Å². The van der Waals surface area contributed by atoms with Crippen molar-refractivity contribution in [1.82, 2.24) is 0 Å². The fraction of sp³-hybridized carbons (Fsp3) is 0.200. The highest BCUT2D eigenvalue weighted by Crippen LogP contribution is 2.28. The standard InChI is InChI=1S/C15H15BrClNO/c1-18(9-11-4-2-5-12(16)8-11)15-7-3-6-14(17)13(15)10-19/h2-8,19H,9-10H2,1H3. The average molecular weight is 341 g/mol. The van der Waals surface area contributed by atoms with Gasteiger partial charge in [-0.05, 0) is 29.8 Å². The summed E-state index contributed by atoms with van der Waals surface area (Å²) in [5, 5.41) is 10.0. The van der Waals surface area contributed by atoms with E-state index in [9.17, 15) is 5.11 Å². The second kappa shape index (κ2) is 6.42. The lowest BCUT2D eigenvalue weighted by Gasteiger charge is -2.22. The van der Waals surface area contributed by atoms with Crippen LogP contribution < -0.4 is 4.90 Å². The SMILES string of the molecule is CN(Cc1cccc(Br)c1)c1cccc(Cl)c1CO. The first-order chi connectivity index (χ1) is 9.11. The smallest absolute Gasteiger partial charge is 0.0716 e. The molecule has 100 valence electrons. The molecule has 0 unspecified atom stereocenters. The first-order valence-electron chi connectivity index (χ1n) is 5.95. The summed E-state index contributed by atoms with van der Waals surface area (Å²) in [5.41, 5.74) is 2.91. The van der Waals surface area contributed by atoms with E-state index < -0.39 is 0 Å². The number of nitrogens with zero attached hydrogens (tertiary/aromatic N) is 1. The van der Waals surface area contributed by atoms with Crippen LogP contribution in [0.3, 0.4) is 0 Å². The summed E-state index contributed by atoms with van der Waals surface area (Å²) < 4.78 is 1.06. The number of anilines is 1. The molecule has 2 rings (SSSR count). The van der Waals surface area contributed by atoms with E-state index in [0.717, 1.165) is 22.3 Å². The second-order valence-electron chi connectivity index (χ2n) is 4.38. The molecule has 0 aliphatic heterocycles. The lowest BCUT2D eigenvalue weighted by molar-refractivity contribution is 0.282. The Bertz CT molecular complexity index is 574. The largest absolute Gasteiger partial charge is 0.392 e. The second-order valence-corrected chi connectivity index (χ2v) is 5.70. The molecular weight excluding hydrogens is 326 g/mol. The molecule has 0 heterocycles. The topological polar surface area (TPSA) is 23.5 Å². The van der Waals surface area contributed by atoms with Gasteiger partial charge in [0.25, 0.3) is 0 Å². The van der Waals surface area contributed by atoms with Gasteiger partial charge >= 0.3 is 0 Å². The van der Waals surface area contributed by atoms with Crippen molar-refractivity contribution in [2.24, 2.45) is 0 Å². The molecule has 0 spiro atoms. The molecule has 19 heavy (non-hydrogen) atoms. The number of hydrogen-bond donors (Lipinski definition) is 1. The van der Waals surface area contributed by atoms with Gasteiger partial charge in [0.2, 0.25) is 0 Å². The summed E-state index contributed by atoms with van der Waals surface area (Å²) >= 11 is 9.58. The van der Waals surface area contributed by atoms with Crippen LogP contribution in [0.2, 0.25) is 5.02 Å². The normalized spacial score (nSPS) is 10.5. The zero-order valence-corrected chi connectivity index (χ0v) is 12.9. The maximum Gasteiger partial charge on any atom is 0.0716 e. The first-order valence-corrected chi connectivity index (χ1v) is 7.12. The van der Waals surface area contributed by atoms with Crippen molar-refractivity contribution >= 4 is 33.2 Å². The number of halogens is 2. The molecule has 1 N–H and O–H groups in total. The third-order valence-electron chi connectivity index (χ3n) is 2.97. The molecule has 2 nitrogen and oxygen atoms in total. The van der Waals surface area contributed by atoms with Crippen LogP contribution in [0.25, 0.3) is 0 Å². The molecular formula is C15H15BrClNO. The van der Waals surface area contributed by atoms with Crippen molar-refractivity contribution in [3.05, 3.63) is 63.1 Å². The number of rotatable bonds is 4. The van der Waals surface area contributed by atoms with E-state index in [1.54, 1.807) is 6.07 Å². The minimum absolute atomic E-state index is 0.0577. The molecule has 0 aromatic heterocycles. The van der Waals surface area contributed by atoms with Crippen LogP contribution in [0.4, 0.5) is 5.69 Å². The molecule has 0 bridgehead atoms. The average Bonchev–Trinajstić information content (AvgIpc) is 2.38. The van der Waals surface area contributed by atoms with Crippen molar-refractivity contribution in [3.8, 4) is 0 Å². The van der Waals surface area contributed by atoms with Crippen molar-refractivity contribution in [1.29, 1.82) is 0 Å². The van der Waals surface area contributed by atoms with Gasteiger partial charge in [0, 0.05) is 34.3 Å². The van der Waals surface area contributed by atoms with Gasteiger partial charge in [-0.1, -0.05) is 45.7 Å². The molecule has 0 saturated heterocycles. The molecule has 2 aromatic carbocycles. The molecule has 0 amide bonds. The molecule has 4 heteroatoms. The number of aliphatic hydroxyl groups excluding tert-OH is 1. The van der Waals surface area contributed by atoms with Gasteiger partial charge in [-0.25, -0.2) is 0 Å². The third-order valence-corrected chi connectivity index (χ3v) is 3.82. The van der Waals surface area contributed by atoms with Crippen LogP contribution in [0.1, 0.15) is 11.1 Å². The number of aliphatic hydroxyl groups is 1. The van der Waals surface area contributed by atoms with Crippen LogP contribution in [0, 0.1) is 0 Å². The summed E-state index contributed by atoms with van der Waals surface area (Å²) in [5.74, 6) is 0. The lowest BCUT2D eigenvalue weighted by Crippen LogP contribution is -2.18. The summed E-state index contributed by atoms with van der Waals surface area (Å²) in [6.45, 7) is 0.699. The zero-order chi connectivity index (χ0) is 13.8. The monoisotopic (exact) mass is 339 g/mol. The molecule has 0 saturated carbocycles. The Labute approximate surface area is 126 Å². The Kier molecular flexibility index (Phi) is 4.86. The van der Waals surface area contributed by atoms with Crippen LogP contribution >= 0.6 is 27.5 Å². The lowest BCUT2D eigenvalue weighted by atomic mass is 10.1. The van der Waals surface area contributed by atoms with Crippen LogP contribution in [0.5, 0.6) is 0 Å². The fourth-order valence-electron chi connectivity index (χ4n) is 2.06. The van der Waals surface area contributed by atoms with Gasteiger partial charge in [-0.15, -0.1) is 0 Å². The van der Waals surface area contributed by atoms with Crippen molar-refractivity contribution in [2.75, 3.05) is 11.9 Å². The molecule has 0 aliphatic rings. The minimum atomic E-state index is -0.0577. The molecule has 0 fully saturated rings. The maximum atomic E-state index is 9.44. The Balaban J connectivity index is 2.25. The highest BCUT2D eigenvalue weighted by molar-refractivity contribution is 9.10. The highest BCUT2D eigenvalue weighted by Gasteiger charge is 2.10. The molecule has 0 atom stereocenters. The Morgan fingerprint density at radius 2 is 1.95 bits per heavy atom. The van der Waals surface area contributed by atoms with E-state index in [1.807, 2.05) is 31.3 Å². The van der Waals surface area contributed by atoms with Crippen molar-refractivity contribution in [2.45, 2.75) is 13.2 Å². The maximum absolute atomic E-state index is 9.44. The zero-order valence-electron chi connectivity index (χ0n) is 10.6. The quantitative estimate of drug-likeness (QED) is 0.900. The number of benzene rings is 2. The molecule has 0 radical (unpaired) electrons. The van der Waals surface area contributed by atoms with Gasteiger partial charge in [0.15, 0.2) is 0 Å². The predicted octanol–water partition coefficient (Wildman–Crippen LogP) is 4.23. The summed E-state index contributed by atoms with van der Waals surface area (Å²) in [4.78, 5) is 2.08. The predicted molar refractivity (Wildman–Crippen MR) is 83.6 cm³/mol. The van der Waals surface area contributed by atoms with E-state index in [4.69, 9.17) is 11.6 Å². The van der Waals surface area contributed by atoms with E-state index in [2.05, 4.69) is 33.0 Å². The van der Waals surface area contributed by atoms with E-state index in [1.165, 1.54) is 5.56 Å². The van der Waals surface area contributed by atoms with Gasteiger partial charge < -0.3 is 10.0 Å². The van der Waals surface area contributed by atoms with Gasteiger partial charge in [-0.2, -0.15) is 0 Å². The van der Waals surface area contributed by atoms with Gasteiger partial charge in [-0.3, -0.25) is 0 Å². The Hall–Kier alpha value is -1.03. The van der Waals surface area contributed by atoms with E-state index >= 15 is 0 Å². The van der Waals surface area contributed by atoms with Gasteiger partial charge in [0.05, 0.1) is 6.61 Å². The minimum Gasteiger partial charge on any atom is -0.392 e. The van der Waals surface area contributed by atoms with E-state index in [-0.39, 0.29) is 6.61 Å². The molecule has 0 aliphatic carbocycles. The van der Waals surface area contributed by atoms with Crippen molar-refractivity contribution in [3.63, 3.8) is 0 Å². The summed E-state index contributed by atoms with van der Waals surface area (Å²) in [6.07, 6.45) is 0. The molecule has 2 aromatic rings. The summed E-state index contributed by atoms with van der Waals surface area (Å²) in [7, 11) is 1.99. The Morgan fingerprint density at radius 1 is 1.21 bits per heavy atom. The van der Waals surface area contributed by atoms with E-state index in [0.29, 0.717) is 5.02 Å².